The maximum Gasteiger partial charge on any atom is 0.0320 e. The Labute approximate surface area is 186 Å². The van der Waals surface area contributed by atoms with Crippen molar-refractivity contribution >= 4 is 20.4 Å². The van der Waals surface area contributed by atoms with E-state index in [2.05, 4.69) is 20.0 Å². The molecule has 1 unspecified atom stereocenters. The average molecular weight is 431 g/mol. The van der Waals surface area contributed by atoms with Gasteiger partial charge in [0.2, 0.25) is 0 Å². The number of halogens is 1. The maximum atomic E-state index is 6.40. The van der Waals surface area contributed by atoms with Crippen molar-refractivity contribution in [2.45, 2.75) is 166 Å². The summed E-state index contributed by atoms with van der Waals surface area (Å²) in [5, 5.41) is 0.474. The summed E-state index contributed by atoms with van der Waals surface area (Å²) in [5.41, 5.74) is 0. The number of rotatable bonds is 23. The first-order valence-corrected chi connectivity index (χ1v) is 16.9. The molecule has 0 amide bonds. The third-order valence-electron chi connectivity index (χ3n) is 6.10. The van der Waals surface area contributed by atoms with Gasteiger partial charge >= 0.3 is 0 Å². The van der Waals surface area contributed by atoms with Crippen molar-refractivity contribution in [3.63, 3.8) is 0 Å². The molecule has 0 aromatic heterocycles. The minimum Gasteiger partial charge on any atom is -0.123 e. The van der Waals surface area contributed by atoms with Gasteiger partial charge in [-0.1, -0.05) is 148 Å². The van der Waals surface area contributed by atoms with Crippen LogP contribution in [-0.4, -0.2) is 14.2 Å². The summed E-state index contributed by atoms with van der Waals surface area (Å²) in [6.45, 7) is 7.12. The molecule has 0 aliphatic rings. The SMILES string of the molecule is CCCCCCCCCCCCCCCCCCCCCCC(Cl)C[SiH](C)C. The Morgan fingerprint density at radius 3 is 1.07 bits per heavy atom. The fourth-order valence-electron chi connectivity index (χ4n) is 4.25. The van der Waals surface area contributed by atoms with E-state index >= 15 is 0 Å². The van der Waals surface area contributed by atoms with Crippen LogP contribution in [-0.2, 0) is 0 Å². The van der Waals surface area contributed by atoms with Gasteiger partial charge in [-0.25, -0.2) is 0 Å². The van der Waals surface area contributed by atoms with Gasteiger partial charge in [0.1, 0.15) is 0 Å². The van der Waals surface area contributed by atoms with Crippen LogP contribution in [0.3, 0.4) is 0 Å². The van der Waals surface area contributed by atoms with Gasteiger partial charge in [0.15, 0.2) is 0 Å². The molecule has 0 radical (unpaired) electrons. The molecule has 2 heteroatoms. The van der Waals surface area contributed by atoms with Crippen LogP contribution >= 0.6 is 11.6 Å². The summed E-state index contributed by atoms with van der Waals surface area (Å²) in [4.78, 5) is 0. The highest BCUT2D eigenvalue weighted by Crippen LogP contribution is 2.17. The standard InChI is InChI=1S/C26H55ClSi/c1-4-5-6-7-8-9-10-11-12-13-14-15-16-17-18-19-20-21-22-23-24-26(27)25-28(2)3/h26,28H,4-25H2,1-3H3. The van der Waals surface area contributed by atoms with Crippen LogP contribution in [0.15, 0.2) is 0 Å². The number of hydrogen-bond acceptors (Lipinski definition) is 0. The highest BCUT2D eigenvalue weighted by Gasteiger charge is 2.07. The van der Waals surface area contributed by atoms with Crippen molar-refractivity contribution in [3.8, 4) is 0 Å². The molecule has 0 aliphatic heterocycles. The molecule has 0 saturated heterocycles. The molecule has 0 fully saturated rings. The molecule has 170 valence electrons. The minimum absolute atomic E-state index is 0.461. The van der Waals surface area contributed by atoms with Gasteiger partial charge in [-0.2, -0.15) is 0 Å². The maximum absolute atomic E-state index is 6.40. The fraction of sp³-hybridized carbons (Fsp3) is 1.00. The molecule has 0 saturated carbocycles. The lowest BCUT2D eigenvalue weighted by Gasteiger charge is -2.10. The summed E-state index contributed by atoms with van der Waals surface area (Å²) in [6, 6.07) is 1.32. The van der Waals surface area contributed by atoms with E-state index in [1.807, 2.05) is 0 Å². The summed E-state index contributed by atoms with van der Waals surface area (Å²) in [5.74, 6) is 0. The Hall–Kier alpha value is 0.507. The predicted octanol–water partition coefficient (Wildman–Crippen LogP) is 10.3. The Morgan fingerprint density at radius 1 is 0.500 bits per heavy atom. The zero-order chi connectivity index (χ0) is 20.7. The van der Waals surface area contributed by atoms with E-state index in [0.717, 1.165) is 0 Å². The Balaban J connectivity index is 3.05. The van der Waals surface area contributed by atoms with Crippen LogP contribution in [0.4, 0.5) is 0 Å². The lowest BCUT2D eigenvalue weighted by Crippen LogP contribution is -2.09. The molecular formula is C26H55ClSi. The summed E-state index contributed by atoms with van der Waals surface area (Å²) in [7, 11) is -0.461. The van der Waals surface area contributed by atoms with Crippen molar-refractivity contribution in [1.29, 1.82) is 0 Å². The fourth-order valence-corrected chi connectivity index (χ4v) is 6.73. The van der Waals surface area contributed by atoms with E-state index in [4.69, 9.17) is 11.6 Å². The van der Waals surface area contributed by atoms with Crippen LogP contribution in [0.1, 0.15) is 142 Å². The van der Waals surface area contributed by atoms with E-state index < -0.39 is 8.80 Å². The normalized spacial score (nSPS) is 12.8. The molecule has 0 aromatic rings. The number of alkyl halides is 1. The van der Waals surface area contributed by atoms with Crippen LogP contribution in [0.2, 0.25) is 19.1 Å². The molecule has 0 bridgehead atoms. The molecule has 0 spiro atoms. The van der Waals surface area contributed by atoms with Crippen molar-refractivity contribution in [2.75, 3.05) is 0 Å². The van der Waals surface area contributed by atoms with Crippen LogP contribution in [0.25, 0.3) is 0 Å². The Kier molecular flexibility index (Phi) is 24.2. The summed E-state index contributed by atoms with van der Waals surface area (Å²) < 4.78 is 0. The van der Waals surface area contributed by atoms with Crippen LogP contribution in [0.5, 0.6) is 0 Å². The van der Waals surface area contributed by atoms with Crippen LogP contribution < -0.4 is 0 Å². The molecule has 28 heavy (non-hydrogen) atoms. The van der Waals surface area contributed by atoms with Gasteiger partial charge in [-0.3, -0.25) is 0 Å². The first-order valence-electron chi connectivity index (χ1n) is 13.3. The van der Waals surface area contributed by atoms with E-state index in [9.17, 15) is 0 Å². The second kappa shape index (κ2) is 23.8. The highest BCUT2D eigenvalue weighted by atomic mass is 35.5. The molecule has 0 nitrogen and oxygen atoms in total. The second-order valence-corrected chi connectivity index (χ2v) is 13.6. The van der Waals surface area contributed by atoms with Gasteiger partial charge in [0.25, 0.3) is 0 Å². The molecule has 0 aromatic carbocycles. The van der Waals surface area contributed by atoms with Gasteiger partial charge in [-0.15, -0.1) is 11.6 Å². The zero-order valence-corrected chi connectivity index (χ0v) is 22.0. The Bertz CT molecular complexity index is 280. The van der Waals surface area contributed by atoms with Gasteiger partial charge in [-0.05, 0) is 12.5 Å². The second-order valence-electron chi connectivity index (χ2n) is 9.73. The van der Waals surface area contributed by atoms with Crippen molar-refractivity contribution < 1.29 is 0 Å². The Morgan fingerprint density at radius 2 is 0.786 bits per heavy atom. The minimum atomic E-state index is -0.461. The monoisotopic (exact) mass is 430 g/mol. The highest BCUT2D eigenvalue weighted by molar-refractivity contribution is 6.57. The summed E-state index contributed by atoms with van der Waals surface area (Å²) in [6.07, 6.45) is 30.4. The van der Waals surface area contributed by atoms with Crippen molar-refractivity contribution in [1.82, 2.24) is 0 Å². The largest absolute Gasteiger partial charge is 0.123 e. The van der Waals surface area contributed by atoms with Gasteiger partial charge < -0.3 is 0 Å². The van der Waals surface area contributed by atoms with E-state index in [1.54, 1.807) is 0 Å². The zero-order valence-electron chi connectivity index (χ0n) is 20.1. The topological polar surface area (TPSA) is 0 Å². The predicted molar refractivity (Wildman–Crippen MR) is 136 cm³/mol. The van der Waals surface area contributed by atoms with Crippen molar-refractivity contribution in [3.05, 3.63) is 0 Å². The molecule has 0 rings (SSSR count). The van der Waals surface area contributed by atoms with E-state index in [1.165, 1.54) is 141 Å². The molecule has 0 N–H and O–H groups in total. The van der Waals surface area contributed by atoms with Gasteiger partial charge in [0.05, 0.1) is 0 Å². The van der Waals surface area contributed by atoms with Crippen LogP contribution in [0, 0.1) is 0 Å². The summed E-state index contributed by atoms with van der Waals surface area (Å²) >= 11 is 6.40. The first kappa shape index (κ1) is 28.5. The van der Waals surface area contributed by atoms with E-state index in [0.29, 0.717) is 5.38 Å². The lowest BCUT2D eigenvalue weighted by atomic mass is 10.0. The van der Waals surface area contributed by atoms with Crippen molar-refractivity contribution in [2.24, 2.45) is 0 Å². The number of hydrogen-bond donors (Lipinski definition) is 0. The lowest BCUT2D eigenvalue weighted by molar-refractivity contribution is 0.520. The molecular weight excluding hydrogens is 376 g/mol. The smallest absolute Gasteiger partial charge is 0.0320 e. The quantitative estimate of drug-likeness (QED) is 0.0858. The van der Waals surface area contributed by atoms with Gasteiger partial charge in [0, 0.05) is 14.2 Å². The third kappa shape index (κ3) is 24.5. The molecule has 0 heterocycles. The molecule has 0 aliphatic carbocycles. The molecule has 1 atom stereocenters. The third-order valence-corrected chi connectivity index (χ3v) is 8.31. The van der Waals surface area contributed by atoms with E-state index in [-0.39, 0.29) is 0 Å². The number of unbranched alkanes of at least 4 members (excludes halogenated alkanes) is 19. The first-order chi connectivity index (χ1) is 13.7. The average Bonchev–Trinajstić information content (AvgIpc) is 2.66.